The predicted octanol–water partition coefficient (Wildman–Crippen LogP) is 4.23. The zero-order valence-corrected chi connectivity index (χ0v) is 17.7. The van der Waals surface area contributed by atoms with Gasteiger partial charge in [-0.15, -0.1) is 0 Å². The van der Waals surface area contributed by atoms with Crippen LogP contribution in [-0.2, 0) is 14.4 Å². The Morgan fingerprint density at radius 3 is 2.28 bits per heavy atom. The van der Waals surface area contributed by atoms with Crippen molar-refractivity contribution in [1.29, 1.82) is 5.26 Å². The predicted molar refractivity (Wildman–Crippen MR) is 120 cm³/mol. The van der Waals surface area contributed by atoms with Crippen LogP contribution >= 0.6 is 0 Å². The number of aryl methyl sites for hydroxylation is 2. The van der Waals surface area contributed by atoms with E-state index in [0.29, 0.717) is 11.3 Å². The van der Waals surface area contributed by atoms with Crippen LogP contribution in [0.5, 0.6) is 0 Å². The van der Waals surface area contributed by atoms with Crippen LogP contribution in [0.15, 0.2) is 72.8 Å². The van der Waals surface area contributed by atoms with Crippen molar-refractivity contribution in [2.75, 3.05) is 9.96 Å². The normalized spacial score (nSPS) is 22.2. The molecule has 6 heteroatoms. The molecule has 158 valence electrons. The molecule has 2 saturated heterocycles. The number of carbonyl (C=O) groups excluding carboxylic acids is 2. The van der Waals surface area contributed by atoms with Gasteiger partial charge in [0, 0.05) is 0 Å². The minimum atomic E-state index is -0.913. The number of benzene rings is 3. The van der Waals surface area contributed by atoms with Crippen LogP contribution < -0.4 is 9.96 Å². The first-order valence-electron chi connectivity index (χ1n) is 10.5. The van der Waals surface area contributed by atoms with Crippen LogP contribution in [0.4, 0.5) is 11.4 Å². The van der Waals surface area contributed by atoms with Crippen molar-refractivity contribution in [3.05, 3.63) is 95.1 Å². The summed E-state index contributed by atoms with van der Waals surface area (Å²) < 4.78 is 0. The molecule has 3 aromatic carbocycles. The Morgan fingerprint density at radius 2 is 1.62 bits per heavy atom. The number of amides is 2. The van der Waals surface area contributed by atoms with E-state index in [1.165, 1.54) is 4.90 Å². The molecular formula is C26H21N3O3. The van der Waals surface area contributed by atoms with Gasteiger partial charge < -0.3 is 0 Å². The largest absolute Gasteiger partial charge is 0.273 e. The van der Waals surface area contributed by atoms with Crippen LogP contribution in [-0.4, -0.2) is 17.9 Å². The van der Waals surface area contributed by atoms with Gasteiger partial charge in [-0.05, 0) is 55.3 Å². The molecule has 0 bridgehead atoms. The summed E-state index contributed by atoms with van der Waals surface area (Å²) in [5.74, 6) is -1.33. The average molecular weight is 423 g/mol. The third kappa shape index (κ3) is 3.06. The van der Waals surface area contributed by atoms with Crippen molar-refractivity contribution in [3.63, 3.8) is 0 Å². The lowest BCUT2D eigenvalue weighted by molar-refractivity contribution is -0.126. The van der Waals surface area contributed by atoms with Crippen molar-refractivity contribution in [2.45, 2.75) is 26.0 Å². The Morgan fingerprint density at radius 1 is 0.906 bits per heavy atom. The van der Waals surface area contributed by atoms with Gasteiger partial charge in [-0.25, -0.2) is 9.96 Å². The molecule has 2 fully saturated rings. The van der Waals surface area contributed by atoms with E-state index < -0.39 is 18.1 Å². The summed E-state index contributed by atoms with van der Waals surface area (Å²) in [6.45, 7) is 3.87. The molecule has 3 aromatic rings. The van der Waals surface area contributed by atoms with E-state index in [1.54, 1.807) is 17.2 Å². The number of fused-ring (bicyclic) bond motifs is 1. The molecule has 0 unspecified atom stereocenters. The zero-order valence-electron chi connectivity index (χ0n) is 17.7. The fraction of sp³-hybridized carbons (Fsp3) is 0.192. The minimum absolute atomic E-state index is 0.278. The third-order valence-corrected chi connectivity index (χ3v) is 6.10. The van der Waals surface area contributed by atoms with E-state index >= 15 is 0 Å². The molecular weight excluding hydrogens is 402 g/mol. The quantitative estimate of drug-likeness (QED) is 0.590. The molecule has 0 saturated carbocycles. The van der Waals surface area contributed by atoms with Gasteiger partial charge in [0.25, 0.3) is 5.91 Å². The number of carbonyl (C=O) groups is 2. The number of imide groups is 1. The second-order valence-electron chi connectivity index (χ2n) is 8.19. The highest BCUT2D eigenvalue weighted by Crippen LogP contribution is 2.47. The first kappa shape index (κ1) is 20.0. The van der Waals surface area contributed by atoms with E-state index in [9.17, 15) is 9.59 Å². The van der Waals surface area contributed by atoms with E-state index in [1.807, 2.05) is 74.5 Å². The lowest BCUT2D eigenvalue weighted by Gasteiger charge is -2.29. The Hall–Kier alpha value is -3.95. The Balaban J connectivity index is 1.59. The molecule has 2 aliphatic rings. The highest BCUT2D eigenvalue weighted by Gasteiger charge is 2.60. The summed E-state index contributed by atoms with van der Waals surface area (Å²) in [5.41, 5.74) is 4.61. The van der Waals surface area contributed by atoms with Crippen LogP contribution in [0.25, 0.3) is 0 Å². The fourth-order valence-corrected chi connectivity index (χ4v) is 4.60. The van der Waals surface area contributed by atoms with Gasteiger partial charge in [0.1, 0.15) is 5.92 Å². The maximum Gasteiger partial charge on any atom is 0.266 e. The van der Waals surface area contributed by atoms with Gasteiger partial charge in [0.05, 0.1) is 29.0 Å². The van der Waals surface area contributed by atoms with E-state index in [4.69, 9.17) is 10.1 Å². The monoisotopic (exact) mass is 423 g/mol. The number of anilines is 2. The molecule has 0 aliphatic carbocycles. The molecule has 3 atom stereocenters. The Kier molecular flexibility index (Phi) is 4.76. The SMILES string of the molecule is Cc1ccc(N2C(=O)[C@H]3[C@@H](c4ccc(C#N)cc4)N(c4ccccc4)O[C@H]3C2=O)c(C)c1. The van der Waals surface area contributed by atoms with E-state index in [0.717, 1.165) is 22.4 Å². The van der Waals surface area contributed by atoms with Gasteiger partial charge in [0.15, 0.2) is 6.10 Å². The number of hydrogen-bond donors (Lipinski definition) is 0. The molecule has 0 N–H and O–H groups in total. The average Bonchev–Trinajstić information content (AvgIpc) is 3.31. The third-order valence-electron chi connectivity index (χ3n) is 6.10. The molecule has 2 amide bonds. The number of nitriles is 1. The second kappa shape index (κ2) is 7.63. The highest BCUT2D eigenvalue weighted by molar-refractivity contribution is 6.24. The van der Waals surface area contributed by atoms with Crippen LogP contribution in [0.2, 0.25) is 0 Å². The molecule has 0 spiro atoms. The summed E-state index contributed by atoms with van der Waals surface area (Å²) >= 11 is 0. The molecule has 2 aliphatic heterocycles. The topological polar surface area (TPSA) is 73.6 Å². The Bertz CT molecular complexity index is 1250. The highest BCUT2D eigenvalue weighted by atomic mass is 16.7. The van der Waals surface area contributed by atoms with Gasteiger partial charge in [-0.1, -0.05) is 48.0 Å². The van der Waals surface area contributed by atoms with Gasteiger partial charge in [-0.2, -0.15) is 5.26 Å². The first-order chi connectivity index (χ1) is 15.5. The molecule has 5 rings (SSSR count). The zero-order chi connectivity index (χ0) is 22.4. The minimum Gasteiger partial charge on any atom is -0.273 e. The van der Waals surface area contributed by atoms with E-state index in [2.05, 4.69) is 6.07 Å². The lowest BCUT2D eigenvalue weighted by atomic mass is 9.90. The molecule has 0 aromatic heterocycles. The number of nitrogens with zero attached hydrogens (tertiary/aromatic N) is 3. The molecule has 6 nitrogen and oxygen atoms in total. The van der Waals surface area contributed by atoms with E-state index in [-0.39, 0.29) is 11.8 Å². The second-order valence-corrected chi connectivity index (χ2v) is 8.19. The van der Waals surface area contributed by atoms with Gasteiger partial charge in [-0.3, -0.25) is 14.4 Å². The summed E-state index contributed by atoms with van der Waals surface area (Å²) in [4.78, 5) is 34.5. The smallest absolute Gasteiger partial charge is 0.266 e. The summed E-state index contributed by atoms with van der Waals surface area (Å²) in [5, 5.41) is 10.8. The summed E-state index contributed by atoms with van der Waals surface area (Å²) in [6.07, 6.45) is -0.913. The van der Waals surface area contributed by atoms with Crippen molar-refractivity contribution >= 4 is 23.2 Å². The summed E-state index contributed by atoms with van der Waals surface area (Å²) in [6, 6.07) is 23.8. The van der Waals surface area contributed by atoms with Crippen molar-refractivity contribution in [1.82, 2.24) is 0 Å². The van der Waals surface area contributed by atoms with Crippen LogP contribution in [0.1, 0.15) is 28.3 Å². The summed E-state index contributed by atoms with van der Waals surface area (Å²) in [7, 11) is 0. The lowest BCUT2D eigenvalue weighted by Crippen LogP contribution is -2.37. The van der Waals surface area contributed by atoms with Crippen LogP contribution in [0, 0.1) is 31.1 Å². The fourth-order valence-electron chi connectivity index (χ4n) is 4.60. The van der Waals surface area contributed by atoms with Crippen molar-refractivity contribution in [2.24, 2.45) is 5.92 Å². The standard InChI is InChI=1S/C26H21N3O3/c1-16-8-13-21(17(2)14-16)28-25(30)22-23(19-11-9-18(15-27)10-12-19)29(32-24(22)26(28)31)20-6-4-3-5-7-20/h3-14,22-24H,1-2H3/t22-,23+,24+/m0/s1. The number of hydroxylamine groups is 1. The van der Waals surface area contributed by atoms with Crippen molar-refractivity contribution < 1.29 is 14.4 Å². The van der Waals surface area contributed by atoms with Crippen LogP contribution in [0.3, 0.4) is 0 Å². The number of hydrogen-bond acceptors (Lipinski definition) is 5. The maximum absolute atomic E-state index is 13.7. The number of rotatable bonds is 3. The first-order valence-corrected chi connectivity index (χ1v) is 10.5. The molecule has 32 heavy (non-hydrogen) atoms. The maximum atomic E-state index is 13.7. The molecule has 0 radical (unpaired) electrons. The van der Waals surface area contributed by atoms with Gasteiger partial charge in [0.2, 0.25) is 5.91 Å². The Labute approximate surface area is 186 Å². The van der Waals surface area contributed by atoms with Gasteiger partial charge >= 0.3 is 0 Å². The molecule has 2 heterocycles. The number of para-hydroxylation sites is 1. The van der Waals surface area contributed by atoms with Crippen molar-refractivity contribution in [3.8, 4) is 6.07 Å².